The second-order valence-electron chi connectivity index (χ2n) is 2.68. The van der Waals surface area contributed by atoms with E-state index in [-0.39, 0.29) is 5.82 Å². The quantitative estimate of drug-likeness (QED) is 0.624. The molecule has 0 aliphatic carbocycles. The second kappa shape index (κ2) is 3.36. The summed E-state index contributed by atoms with van der Waals surface area (Å²) < 4.78 is 13.3. The Labute approximate surface area is 71.4 Å². The fourth-order valence-corrected chi connectivity index (χ4v) is 1.14. The monoisotopic (exact) mass is 163 g/mol. The van der Waals surface area contributed by atoms with E-state index in [1.165, 1.54) is 0 Å². The molecule has 0 radical (unpaired) electrons. The Bertz CT molecular complexity index is 336. The summed E-state index contributed by atoms with van der Waals surface area (Å²) in [7, 11) is 0. The van der Waals surface area contributed by atoms with Crippen LogP contribution in [0.3, 0.4) is 0 Å². The highest BCUT2D eigenvalue weighted by Crippen LogP contribution is 2.16. The van der Waals surface area contributed by atoms with E-state index in [9.17, 15) is 4.39 Å². The van der Waals surface area contributed by atoms with E-state index in [0.29, 0.717) is 23.1 Å². The van der Waals surface area contributed by atoms with Gasteiger partial charge in [-0.3, -0.25) is 0 Å². The number of benzene rings is 1. The molecule has 0 aliphatic heterocycles. The van der Waals surface area contributed by atoms with Gasteiger partial charge < -0.3 is 0 Å². The van der Waals surface area contributed by atoms with Crippen LogP contribution in [0.5, 0.6) is 0 Å². The number of halogens is 1. The zero-order chi connectivity index (χ0) is 9.14. The number of nitrogens with zero attached hydrogens (tertiary/aromatic N) is 1. The van der Waals surface area contributed by atoms with E-state index in [2.05, 4.69) is 0 Å². The Kier molecular flexibility index (Phi) is 2.44. The van der Waals surface area contributed by atoms with Gasteiger partial charge in [-0.05, 0) is 25.0 Å². The molecule has 12 heavy (non-hydrogen) atoms. The topological polar surface area (TPSA) is 23.8 Å². The van der Waals surface area contributed by atoms with Crippen LogP contribution in [0, 0.1) is 24.1 Å². The molecule has 1 nitrogen and oxygen atoms in total. The van der Waals surface area contributed by atoms with Crippen molar-refractivity contribution in [2.45, 2.75) is 20.3 Å². The van der Waals surface area contributed by atoms with Crippen molar-refractivity contribution >= 4 is 0 Å². The molecule has 62 valence electrons. The Morgan fingerprint density at radius 1 is 1.50 bits per heavy atom. The summed E-state index contributed by atoms with van der Waals surface area (Å²) in [4.78, 5) is 0. The third kappa shape index (κ3) is 1.31. The van der Waals surface area contributed by atoms with Gasteiger partial charge in [0.1, 0.15) is 5.82 Å². The Hall–Kier alpha value is -1.36. The Balaban J connectivity index is 3.32. The molecule has 0 fully saturated rings. The molecule has 0 bridgehead atoms. The van der Waals surface area contributed by atoms with Gasteiger partial charge >= 0.3 is 0 Å². The number of hydrogen-bond acceptors (Lipinski definition) is 1. The Morgan fingerprint density at radius 3 is 2.67 bits per heavy atom. The average Bonchev–Trinajstić information content (AvgIpc) is 2.10. The van der Waals surface area contributed by atoms with Gasteiger partial charge in [-0.15, -0.1) is 0 Å². The molecule has 0 aliphatic rings. The predicted octanol–water partition coefficient (Wildman–Crippen LogP) is 2.57. The molecule has 0 spiro atoms. The molecule has 0 heterocycles. The maximum atomic E-state index is 13.3. The Morgan fingerprint density at radius 2 is 2.17 bits per heavy atom. The molecular formula is C10H10FN. The highest BCUT2D eigenvalue weighted by atomic mass is 19.1. The first-order valence-electron chi connectivity index (χ1n) is 3.88. The van der Waals surface area contributed by atoms with Crippen LogP contribution >= 0.6 is 0 Å². The molecule has 0 aromatic heterocycles. The summed E-state index contributed by atoms with van der Waals surface area (Å²) >= 11 is 0. The maximum absolute atomic E-state index is 13.3. The third-order valence-electron chi connectivity index (χ3n) is 1.97. The lowest BCUT2D eigenvalue weighted by molar-refractivity contribution is 0.602. The lowest BCUT2D eigenvalue weighted by atomic mass is 10.0. The van der Waals surface area contributed by atoms with Crippen LogP contribution in [0.1, 0.15) is 23.6 Å². The minimum absolute atomic E-state index is 0.239. The fraction of sp³-hybridized carbons (Fsp3) is 0.300. The number of hydrogen-bond donors (Lipinski definition) is 0. The van der Waals surface area contributed by atoms with Gasteiger partial charge in [0.2, 0.25) is 0 Å². The van der Waals surface area contributed by atoms with Crippen LogP contribution in [-0.2, 0) is 6.42 Å². The number of rotatable bonds is 1. The van der Waals surface area contributed by atoms with E-state index in [1.54, 1.807) is 19.1 Å². The number of aryl methyl sites for hydroxylation is 1. The van der Waals surface area contributed by atoms with E-state index in [4.69, 9.17) is 5.26 Å². The van der Waals surface area contributed by atoms with Crippen LogP contribution in [0.25, 0.3) is 0 Å². The van der Waals surface area contributed by atoms with Gasteiger partial charge in [-0.25, -0.2) is 4.39 Å². The lowest BCUT2D eigenvalue weighted by Crippen LogP contribution is -1.94. The summed E-state index contributed by atoms with van der Waals surface area (Å²) in [6.07, 6.45) is 0.665. The smallest absolute Gasteiger partial charge is 0.130 e. The molecule has 0 saturated heterocycles. The van der Waals surface area contributed by atoms with Crippen LogP contribution in [0.2, 0.25) is 0 Å². The zero-order valence-corrected chi connectivity index (χ0v) is 7.19. The van der Waals surface area contributed by atoms with Crippen molar-refractivity contribution in [2.24, 2.45) is 0 Å². The molecule has 0 amide bonds. The summed E-state index contributed by atoms with van der Waals surface area (Å²) in [5, 5.41) is 8.59. The van der Waals surface area contributed by atoms with Crippen LogP contribution in [0.4, 0.5) is 4.39 Å². The van der Waals surface area contributed by atoms with Crippen molar-refractivity contribution < 1.29 is 4.39 Å². The van der Waals surface area contributed by atoms with E-state index in [1.807, 2.05) is 13.0 Å². The first-order chi connectivity index (χ1) is 5.70. The van der Waals surface area contributed by atoms with Gasteiger partial charge in [0.25, 0.3) is 0 Å². The normalized spacial score (nSPS) is 9.50. The first kappa shape index (κ1) is 8.73. The van der Waals surface area contributed by atoms with Crippen LogP contribution in [-0.4, -0.2) is 0 Å². The average molecular weight is 163 g/mol. The summed E-state index contributed by atoms with van der Waals surface area (Å²) in [6.45, 7) is 3.52. The molecule has 0 atom stereocenters. The standard InChI is InChI=1S/C10H10FN/c1-3-8-4-5-9(6-12)7(2)10(8)11/h4-5H,3H2,1-2H3. The molecule has 0 saturated carbocycles. The largest absolute Gasteiger partial charge is 0.206 e. The summed E-state index contributed by atoms with van der Waals surface area (Å²) in [5.41, 5.74) is 1.55. The second-order valence-corrected chi connectivity index (χ2v) is 2.68. The maximum Gasteiger partial charge on any atom is 0.130 e. The van der Waals surface area contributed by atoms with Gasteiger partial charge in [-0.1, -0.05) is 13.0 Å². The van der Waals surface area contributed by atoms with Crippen molar-refractivity contribution in [3.63, 3.8) is 0 Å². The third-order valence-corrected chi connectivity index (χ3v) is 1.97. The number of nitriles is 1. The van der Waals surface area contributed by atoms with Gasteiger partial charge in [-0.2, -0.15) is 5.26 Å². The van der Waals surface area contributed by atoms with Gasteiger partial charge in [0.15, 0.2) is 0 Å². The molecule has 2 heteroatoms. The molecule has 1 rings (SSSR count). The van der Waals surface area contributed by atoms with Gasteiger partial charge in [0, 0.05) is 5.56 Å². The van der Waals surface area contributed by atoms with Gasteiger partial charge in [0.05, 0.1) is 11.6 Å². The summed E-state index contributed by atoms with van der Waals surface area (Å²) in [6, 6.07) is 5.28. The zero-order valence-electron chi connectivity index (χ0n) is 7.19. The molecule has 1 aromatic rings. The lowest BCUT2D eigenvalue weighted by Gasteiger charge is -2.03. The fourth-order valence-electron chi connectivity index (χ4n) is 1.14. The summed E-state index contributed by atoms with van der Waals surface area (Å²) in [5.74, 6) is -0.239. The van der Waals surface area contributed by atoms with E-state index >= 15 is 0 Å². The highest BCUT2D eigenvalue weighted by molar-refractivity contribution is 5.40. The van der Waals surface area contributed by atoms with Crippen molar-refractivity contribution in [3.8, 4) is 6.07 Å². The highest BCUT2D eigenvalue weighted by Gasteiger charge is 2.06. The van der Waals surface area contributed by atoms with Crippen molar-refractivity contribution in [1.82, 2.24) is 0 Å². The first-order valence-corrected chi connectivity index (χ1v) is 3.88. The molecule has 1 aromatic carbocycles. The minimum Gasteiger partial charge on any atom is -0.206 e. The molecular weight excluding hydrogens is 153 g/mol. The van der Waals surface area contributed by atoms with Crippen molar-refractivity contribution in [2.75, 3.05) is 0 Å². The molecule has 0 N–H and O–H groups in total. The van der Waals surface area contributed by atoms with Crippen molar-refractivity contribution in [1.29, 1.82) is 5.26 Å². The van der Waals surface area contributed by atoms with Crippen LogP contribution in [0.15, 0.2) is 12.1 Å². The van der Waals surface area contributed by atoms with E-state index < -0.39 is 0 Å². The SMILES string of the molecule is CCc1ccc(C#N)c(C)c1F. The predicted molar refractivity (Wildman–Crippen MR) is 45.2 cm³/mol. The van der Waals surface area contributed by atoms with E-state index in [0.717, 1.165) is 0 Å². The van der Waals surface area contributed by atoms with Crippen molar-refractivity contribution in [3.05, 3.63) is 34.6 Å². The van der Waals surface area contributed by atoms with Crippen LogP contribution < -0.4 is 0 Å². The minimum atomic E-state index is -0.239. The molecule has 0 unspecified atom stereocenters.